The first-order valence-corrected chi connectivity index (χ1v) is 3.74. The zero-order valence-corrected chi connectivity index (χ0v) is 6.69. The molecule has 0 saturated heterocycles. The van der Waals surface area contributed by atoms with Crippen molar-refractivity contribution in [2.24, 2.45) is 4.99 Å². The van der Waals surface area contributed by atoms with Crippen molar-refractivity contribution in [2.45, 2.75) is 13.0 Å². The second kappa shape index (κ2) is 2.48. The lowest BCUT2D eigenvalue weighted by Gasteiger charge is -2.30. The van der Waals surface area contributed by atoms with Crippen LogP contribution in [0.4, 0.5) is 0 Å². The molecule has 1 unspecified atom stereocenters. The van der Waals surface area contributed by atoms with E-state index in [1.165, 1.54) is 0 Å². The second-order valence-corrected chi connectivity index (χ2v) is 2.79. The molecule has 2 rings (SSSR count). The lowest BCUT2D eigenvalue weighted by molar-refractivity contribution is -0.122. The summed E-state index contributed by atoms with van der Waals surface area (Å²) in [4.78, 5) is 17.1. The molecule has 0 radical (unpaired) electrons. The third-order valence-corrected chi connectivity index (χ3v) is 1.81. The number of fused-ring (bicyclic) bond motifs is 1. The summed E-state index contributed by atoms with van der Waals surface area (Å²) in [6.45, 7) is 1.85. The van der Waals surface area contributed by atoms with Gasteiger partial charge in [0.25, 0.3) is 5.91 Å². The van der Waals surface area contributed by atoms with Gasteiger partial charge in [0.1, 0.15) is 6.04 Å². The van der Waals surface area contributed by atoms with Gasteiger partial charge in [-0.25, -0.2) is 0 Å². The molecular formula is C8H9N3O. The summed E-state index contributed by atoms with van der Waals surface area (Å²) < 4.78 is 0. The van der Waals surface area contributed by atoms with Gasteiger partial charge in [0.05, 0.1) is 0 Å². The fraction of sp³-hybridized carbons (Fsp3) is 0.250. The summed E-state index contributed by atoms with van der Waals surface area (Å²) in [6, 6.07) is -0.265. The number of carbonyl (C=O) groups is 1. The predicted molar refractivity (Wildman–Crippen MR) is 45.2 cm³/mol. The van der Waals surface area contributed by atoms with E-state index in [-0.39, 0.29) is 11.9 Å². The van der Waals surface area contributed by atoms with Gasteiger partial charge < -0.3 is 10.2 Å². The molecule has 0 spiro atoms. The summed E-state index contributed by atoms with van der Waals surface area (Å²) in [7, 11) is 0. The Bertz CT molecular complexity index is 303. The third kappa shape index (κ3) is 1.01. The van der Waals surface area contributed by atoms with Crippen LogP contribution in [-0.2, 0) is 4.79 Å². The molecule has 4 heteroatoms. The van der Waals surface area contributed by atoms with Crippen molar-refractivity contribution in [2.75, 3.05) is 0 Å². The van der Waals surface area contributed by atoms with E-state index < -0.39 is 0 Å². The normalized spacial score (nSPS) is 26.4. The first-order valence-electron chi connectivity index (χ1n) is 3.74. The molecule has 1 atom stereocenters. The van der Waals surface area contributed by atoms with Gasteiger partial charge in [-0.2, -0.15) is 0 Å². The fourth-order valence-electron chi connectivity index (χ4n) is 1.27. The van der Waals surface area contributed by atoms with Gasteiger partial charge >= 0.3 is 0 Å². The van der Waals surface area contributed by atoms with E-state index in [0.29, 0.717) is 0 Å². The number of carbonyl (C=O) groups excluding carboxylic acids is 1. The van der Waals surface area contributed by atoms with E-state index in [4.69, 9.17) is 0 Å². The highest BCUT2D eigenvalue weighted by molar-refractivity contribution is 5.99. The van der Waals surface area contributed by atoms with Crippen LogP contribution in [0, 0.1) is 0 Å². The van der Waals surface area contributed by atoms with Crippen molar-refractivity contribution < 1.29 is 4.79 Å². The van der Waals surface area contributed by atoms with E-state index in [1.54, 1.807) is 18.6 Å². The van der Waals surface area contributed by atoms with E-state index >= 15 is 0 Å². The predicted octanol–water partition coefficient (Wildman–Crippen LogP) is 0.204. The standard InChI is InChI=1S/C8H9N3O/c1-6-5-11-3-2-9-4-7(11)8(12)10-6/h2-5,7H,1H3,(H,10,12). The number of nitrogens with one attached hydrogen (secondary N) is 1. The second-order valence-electron chi connectivity index (χ2n) is 2.79. The number of amides is 1. The highest BCUT2D eigenvalue weighted by atomic mass is 16.2. The van der Waals surface area contributed by atoms with Crippen LogP contribution in [0.25, 0.3) is 0 Å². The van der Waals surface area contributed by atoms with Crippen molar-refractivity contribution in [1.82, 2.24) is 10.2 Å². The first-order chi connectivity index (χ1) is 5.77. The molecular weight excluding hydrogens is 154 g/mol. The van der Waals surface area contributed by atoms with Crippen LogP contribution in [-0.4, -0.2) is 23.1 Å². The van der Waals surface area contributed by atoms with Crippen LogP contribution in [0.1, 0.15) is 6.92 Å². The minimum Gasteiger partial charge on any atom is -0.334 e. The Morgan fingerprint density at radius 3 is 3.33 bits per heavy atom. The van der Waals surface area contributed by atoms with Gasteiger partial charge in [-0.05, 0) is 6.92 Å². The van der Waals surface area contributed by atoms with Crippen molar-refractivity contribution >= 4 is 12.1 Å². The number of aliphatic imine (C=N–C) groups is 1. The Hall–Kier alpha value is -1.58. The maximum absolute atomic E-state index is 11.3. The van der Waals surface area contributed by atoms with Crippen molar-refractivity contribution in [3.63, 3.8) is 0 Å². The Morgan fingerprint density at radius 2 is 2.50 bits per heavy atom. The summed E-state index contributed by atoms with van der Waals surface area (Å²) in [5, 5.41) is 2.73. The molecule has 4 nitrogen and oxygen atoms in total. The third-order valence-electron chi connectivity index (χ3n) is 1.81. The van der Waals surface area contributed by atoms with Crippen LogP contribution < -0.4 is 5.32 Å². The summed E-state index contributed by atoms with van der Waals surface area (Å²) in [5.74, 6) is -0.0249. The van der Waals surface area contributed by atoms with Crippen molar-refractivity contribution in [1.29, 1.82) is 0 Å². The molecule has 0 bridgehead atoms. The van der Waals surface area contributed by atoms with Crippen LogP contribution in [0.5, 0.6) is 0 Å². The molecule has 0 aromatic carbocycles. The van der Waals surface area contributed by atoms with Crippen LogP contribution >= 0.6 is 0 Å². The maximum atomic E-state index is 11.3. The lowest BCUT2D eigenvalue weighted by Crippen LogP contribution is -2.47. The molecule has 62 valence electrons. The molecule has 0 aromatic heterocycles. The summed E-state index contributed by atoms with van der Waals surface area (Å²) in [6.07, 6.45) is 6.96. The van der Waals surface area contributed by atoms with E-state index in [9.17, 15) is 4.79 Å². The average molecular weight is 163 g/mol. The van der Waals surface area contributed by atoms with E-state index in [2.05, 4.69) is 10.3 Å². The van der Waals surface area contributed by atoms with Crippen molar-refractivity contribution in [3.05, 3.63) is 24.3 Å². The Kier molecular flexibility index (Phi) is 1.46. The number of allylic oxidation sites excluding steroid dienone is 1. The monoisotopic (exact) mass is 163 g/mol. The highest BCUT2D eigenvalue weighted by Crippen LogP contribution is 2.11. The minimum absolute atomic E-state index is 0.0249. The number of nitrogens with zero attached hydrogens (tertiary/aromatic N) is 2. The molecule has 1 N–H and O–H groups in total. The largest absolute Gasteiger partial charge is 0.334 e. The Morgan fingerprint density at radius 1 is 1.67 bits per heavy atom. The van der Waals surface area contributed by atoms with Gasteiger partial charge in [0.15, 0.2) is 0 Å². The Labute approximate surface area is 70.3 Å². The minimum atomic E-state index is -0.265. The van der Waals surface area contributed by atoms with Gasteiger partial charge in [-0.15, -0.1) is 0 Å². The molecule has 2 aliphatic rings. The summed E-state index contributed by atoms with van der Waals surface area (Å²) in [5.41, 5.74) is 0.858. The first kappa shape index (κ1) is 7.09. The molecule has 12 heavy (non-hydrogen) atoms. The zero-order valence-electron chi connectivity index (χ0n) is 6.69. The number of hydrogen-bond donors (Lipinski definition) is 1. The molecule has 0 aliphatic carbocycles. The van der Waals surface area contributed by atoms with Crippen LogP contribution in [0.2, 0.25) is 0 Å². The van der Waals surface area contributed by atoms with Gasteiger partial charge in [-0.3, -0.25) is 9.79 Å². The van der Waals surface area contributed by atoms with Crippen LogP contribution in [0.15, 0.2) is 29.3 Å². The molecule has 2 heterocycles. The quantitative estimate of drug-likeness (QED) is 0.554. The van der Waals surface area contributed by atoms with Crippen LogP contribution in [0.3, 0.4) is 0 Å². The lowest BCUT2D eigenvalue weighted by atomic mass is 10.2. The van der Waals surface area contributed by atoms with Gasteiger partial charge in [0.2, 0.25) is 0 Å². The fourth-order valence-corrected chi connectivity index (χ4v) is 1.27. The van der Waals surface area contributed by atoms with E-state index in [1.807, 2.05) is 18.0 Å². The Balaban J connectivity index is 2.34. The SMILES string of the molecule is CC1=CN2C=CN=CC2C(=O)N1. The highest BCUT2D eigenvalue weighted by Gasteiger charge is 2.26. The smallest absolute Gasteiger partial charge is 0.252 e. The van der Waals surface area contributed by atoms with E-state index in [0.717, 1.165) is 5.70 Å². The molecule has 0 aromatic rings. The molecule has 0 saturated carbocycles. The topological polar surface area (TPSA) is 44.7 Å². The van der Waals surface area contributed by atoms with Gasteiger partial charge in [-0.1, -0.05) is 0 Å². The number of rotatable bonds is 0. The van der Waals surface area contributed by atoms with Crippen molar-refractivity contribution in [3.8, 4) is 0 Å². The molecule has 0 fully saturated rings. The molecule has 2 aliphatic heterocycles. The number of hydrogen-bond acceptors (Lipinski definition) is 3. The molecule has 1 amide bonds. The van der Waals surface area contributed by atoms with Gasteiger partial charge in [0, 0.05) is 30.5 Å². The maximum Gasteiger partial charge on any atom is 0.252 e. The summed E-state index contributed by atoms with van der Waals surface area (Å²) >= 11 is 0. The average Bonchev–Trinajstić information content (AvgIpc) is 2.04. The zero-order chi connectivity index (χ0) is 8.55.